The maximum atomic E-state index is 13.0. The van der Waals surface area contributed by atoms with Gasteiger partial charge in [-0.05, 0) is 24.8 Å². The molecule has 0 aliphatic carbocycles. The van der Waals surface area contributed by atoms with Crippen LogP contribution in [-0.2, 0) is 16.0 Å². The zero-order valence-corrected chi connectivity index (χ0v) is 16.9. The summed E-state index contributed by atoms with van der Waals surface area (Å²) in [6.07, 6.45) is 2.59. The smallest absolute Gasteiger partial charge is 0.230 e. The Morgan fingerprint density at radius 1 is 1.04 bits per heavy atom. The van der Waals surface area contributed by atoms with Crippen molar-refractivity contribution >= 4 is 30.7 Å². The number of hydrogen-bond acceptors (Lipinski definition) is 4. The Balaban J connectivity index is 0.00000169. The minimum atomic E-state index is -0.384. The van der Waals surface area contributed by atoms with Crippen LogP contribution in [0.5, 0.6) is 0 Å². The van der Waals surface area contributed by atoms with Gasteiger partial charge in [0.25, 0.3) is 0 Å². The molecule has 0 atom stereocenters. The number of halogens is 2. The van der Waals surface area contributed by atoms with Crippen molar-refractivity contribution in [2.75, 3.05) is 52.5 Å². The molecule has 7 heteroatoms. The van der Waals surface area contributed by atoms with Crippen LogP contribution in [0.4, 0.5) is 0 Å². The number of benzene rings is 1. The summed E-state index contributed by atoms with van der Waals surface area (Å²) >= 11 is 0. The Morgan fingerprint density at radius 2 is 1.65 bits per heavy atom. The molecule has 2 N–H and O–H groups in total. The number of piperazine rings is 1. The number of ether oxygens (including phenoxy) is 1. The van der Waals surface area contributed by atoms with Gasteiger partial charge in [-0.2, -0.15) is 0 Å². The predicted octanol–water partition coefficient (Wildman–Crippen LogP) is 1.97. The number of carbonyl (C=O) groups is 1. The third-order valence-corrected chi connectivity index (χ3v) is 5.51. The fourth-order valence-electron chi connectivity index (χ4n) is 3.71. The highest BCUT2D eigenvalue weighted by Gasteiger charge is 2.41. The third-order valence-electron chi connectivity index (χ3n) is 5.51. The van der Waals surface area contributed by atoms with E-state index in [0.29, 0.717) is 19.8 Å². The van der Waals surface area contributed by atoms with E-state index in [1.54, 1.807) is 0 Å². The van der Waals surface area contributed by atoms with Crippen molar-refractivity contribution in [2.24, 2.45) is 11.1 Å². The monoisotopic (exact) mass is 403 g/mol. The molecule has 0 spiro atoms. The summed E-state index contributed by atoms with van der Waals surface area (Å²) in [5.41, 5.74) is 6.96. The van der Waals surface area contributed by atoms with Crippen LogP contribution in [0.15, 0.2) is 30.3 Å². The van der Waals surface area contributed by atoms with E-state index in [9.17, 15) is 4.79 Å². The van der Waals surface area contributed by atoms with E-state index in [0.717, 1.165) is 52.0 Å². The van der Waals surface area contributed by atoms with Crippen molar-refractivity contribution in [3.05, 3.63) is 35.9 Å². The third kappa shape index (κ3) is 5.57. The van der Waals surface area contributed by atoms with Crippen molar-refractivity contribution in [1.82, 2.24) is 9.80 Å². The van der Waals surface area contributed by atoms with Gasteiger partial charge in [-0.3, -0.25) is 9.69 Å². The summed E-state index contributed by atoms with van der Waals surface area (Å²) in [4.78, 5) is 17.4. The van der Waals surface area contributed by atoms with Gasteiger partial charge in [0.1, 0.15) is 0 Å². The maximum Gasteiger partial charge on any atom is 0.230 e. The van der Waals surface area contributed by atoms with E-state index in [-0.39, 0.29) is 36.1 Å². The van der Waals surface area contributed by atoms with Crippen LogP contribution in [0.1, 0.15) is 18.4 Å². The van der Waals surface area contributed by atoms with Crippen LogP contribution >= 0.6 is 24.8 Å². The second kappa shape index (κ2) is 11.1. The molecule has 0 unspecified atom stereocenters. The highest BCUT2D eigenvalue weighted by atomic mass is 35.5. The summed E-state index contributed by atoms with van der Waals surface area (Å²) in [5.74, 6) is 0.246. The van der Waals surface area contributed by atoms with E-state index >= 15 is 0 Å². The lowest BCUT2D eigenvalue weighted by Crippen LogP contribution is -2.56. The lowest BCUT2D eigenvalue weighted by Gasteiger charge is -2.42. The Labute approximate surface area is 169 Å². The molecule has 26 heavy (non-hydrogen) atoms. The predicted molar refractivity (Wildman–Crippen MR) is 109 cm³/mol. The number of rotatable bonds is 5. The fourth-order valence-corrected chi connectivity index (χ4v) is 3.71. The molecule has 148 valence electrons. The molecule has 1 aromatic rings. The first-order chi connectivity index (χ1) is 11.7. The average Bonchev–Trinajstić information content (AvgIpc) is 2.67. The molecule has 2 aliphatic rings. The molecule has 1 amide bonds. The second-order valence-electron chi connectivity index (χ2n) is 6.97. The largest absolute Gasteiger partial charge is 0.381 e. The standard InChI is InChI=1S/C19H29N3O2.2ClH/c20-16-19(7-14-24-15-8-19)18(23)22-12-10-21(11-13-22)9-6-17-4-2-1-3-5-17;;/h1-5H,6-16,20H2;2*1H. The van der Waals surface area contributed by atoms with Gasteiger partial charge < -0.3 is 15.4 Å². The fraction of sp³-hybridized carbons (Fsp3) is 0.632. The first-order valence-electron chi connectivity index (χ1n) is 9.07. The average molecular weight is 404 g/mol. The van der Waals surface area contributed by atoms with Crippen molar-refractivity contribution in [2.45, 2.75) is 19.3 Å². The van der Waals surface area contributed by atoms with E-state index in [2.05, 4.69) is 35.2 Å². The summed E-state index contributed by atoms with van der Waals surface area (Å²) < 4.78 is 5.42. The maximum absolute atomic E-state index is 13.0. The topological polar surface area (TPSA) is 58.8 Å². The van der Waals surface area contributed by atoms with Gasteiger partial charge in [0, 0.05) is 52.5 Å². The van der Waals surface area contributed by atoms with Crippen LogP contribution in [0.2, 0.25) is 0 Å². The molecule has 2 heterocycles. The first kappa shape index (κ1) is 23.2. The quantitative estimate of drug-likeness (QED) is 0.816. The van der Waals surface area contributed by atoms with Gasteiger partial charge in [-0.15, -0.1) is 24.8 Å². The summed E-state index contributed by atoms with van der Waals surface area (Å²) in [7, 11) is 0. The van der Waals surface area contributed by atoms with Gasteiger partial charge in [0.05, 0.1) is 5.41 Å². The van der Waals surface area contributed by atoms with Gasteiger partial charge in [0.2, 0.25) is 5.91 Å². The number of carbonyl (C=O) groups excluding carboxylic acids is 1. The summed E-state index contributed by atoms with van der Waals surface area (Å²) in [6.45, 7) is 6.34. The van der Waals surface area contributed by atoms with Crippen LogP contribution in [0, 0.1) is 5.41 Å². The minimum Gasteiger partial charge on any atom is -0.381 e. The lowest BCUT2D eigenvalue weighted by molar-refractivity contribution is -0.149. The molecule has 3 rings (SSSR count). The number of nitrogens with zero attached hydrogens (tertiary/aromatic N) is 2. The van der Waals surface area contributed by atoms with Crippen LogP contribution in [0.3, 0.4) is 0 Å². The molecule has 0 bridgehead atoms. The first-order valence-corrected chi connectivity index (χ1v) is 9.07. The normalized spacial score (nSPS) is 20.0. The molecular formula is C19H31Cl2N3O2. The van der Waals surface area contributed by atoms with E-state index in [1.807, 2.05) is 4.90 Å². The second-order valence-corrected chi connectivity index (χ2v) is 6.97. The van der Waals surface area contributed by atoms with Crippen molar-refractivity contribution in [3.63, 3.8) is 0 Å². The zero-order valence-electron chi connectivity index (χ0n) is 15.3. The molecule has 2 aliphatic heterocycles. The molecular weight excluding hydrogens is 373 g/mol. The highest BCUT2D eigenvalue weighted by molar-refractivity contribution is 5.85. The molecule has 2 fully saturated rings. The number of hydrogen-bond donors (Lipinski definition) is 1. The molecule has 2 saturated heterocycles. The number of amides is 1. The van der Waals surface area contributed by atoms with Gasteiger partial charge in [-0.25, -0.2) is 0 Å². The Morgan fingerprint density at radius 3 is 2.23 bits per heavy atom. The summed E-state index contributed by atoms with van der Waals surface area (Å²) in [5, 5.41) is 0. The van der Waals surface area contributed by atoms with Gasteiger partial charge in [-0.1, -0.05) is 30.3 Å². The van der Waals surface area contributed by atoms with Crippen molar-refractivity contribution < 1.29 is 9.53 Å². The lowest BCUT2D eigenvalue weighted by atomic mass is 9.78. The van der Waals surface area contributed by atoms with Crippen molar-refractivity contribution in [3.8, 4) is 0 Å². The molecule has 0 aromatic heterocycles. The Kier molecular flexibility index (Phi) is 9.90. The zero-order chi connectivity index (χ0) is 16.8. The molecule has 0 saturated carbocycles. The molecule has 5 nitrogen and oxygen atoms in total. The van der Waals surface area contributed by atoms with Crippen LogP contribution in [-0.4, -0.2) is 68.2 Å². The van der Waals surface area contributed by atoms with Crippen LogP contribution in [0.25, 0.3) is 0 Å². The number of nitrogens with two attached hydrogens (primary N) is 1. The molecule has 0 radical (unpaired) electrons. The van der Waals surface area contributed by atoms with Gasteiger partial charge in [0.15, 0.2) is 0 Å². The van der Waals surface area contributed by atoms with Gasteiger partial charge >= 0.3 is 0 Å². The van der Waals surface area contributed by atoms with E-state index < -0.39 is 0 Å². The minimum absolute atomic E-state index is 0. The highest BCUT2D eigenvalue weighted by Crippen LogP contribution is 2.32. The van der Waals surface area contributed by atoms with Crippen LogP contribution < -0.4 is 5.73 Å². The Bertz CT molecular complexity index is 531. The van der Waals surface area contributed by atoms with E-state index in [1.165, 1.54) is 5.56 Å². The SMILES string of the molecule is Cl.Cl.NCC1(C(=O)N2CCN(CCc3ccccc3)CC2)CCOCC1. The van der Waals surface area contributed by atoms with Crippen molar-refractivity contribution in [1.29, 1.82) is 0 Å². The van der Waals surface area contributed by atoms with E-state index in [4.69, 9.17) is 10.5 Å². The molecule has 1 aromatic carbocycles. The Hall–Kier alpha value is -0.850. The summed E-state index contributed by atoms with van der Waals surface area (Å²) in [6, 6.07) is 10.6.